The first-order valence-electron chi connectivity index (χ1n) is 11.6. The molecule has 7 nitrogen and oxygen atoms in total. The van der Waals surface area contributed by atoms with Gasteiger partial charge in [-0.15, -0.1) is 0 Å². The van der Waals surface area contributed by atoms with Crippen molar-refractivity contribution in [2.75, 3.05) is 45.9 Å². The largest absolute Gasteiger partial charge is 0.416 e. The van der Waals surface area contributed by atoms with Gasteiger partial charge in [0, 0.05) is 51.4 Å². The fourth-order valence-corrected chi connectivity index (χ4v) is 5.67. The Morgan fingerprint density at radius 2 is 1.88 bits per heavy atom. The second-order valence-electron chi connectivity index (χ2n) is 9.98. The highest BCUT2D eigenvalue weighted by Gasteiger charge is 2.46. The number of ether oxygens (including phenoxy) is 1. The number of nitrogens with one attached hydrogen (secondary N) is 1. The minimum absolute atomic E-state index is 0.0175. The number of piperidine rings is 2. The maximum absolute atomic E-state index is 14.2. The van der Waals surface area contributed by atoms with Crippen molar-refractivity contribution in [2.24, 2.45) is 5.41 Å². The summed E-state index contributed by atoms with van der Waals surface area (Å²) < 4.78 is 58.0. The molecule has 4 heterocycles. The normalized spacial score (nSPS) is 27.2. The van der Waals surface area contributed by atoms with Gasteiger partial charge in [0.25, 0.3) is 0 Å². The Bertz CT molecular complexity index is 956. The van der Waals surface area contributed by atoms with Crippen molar-refractivity contribution in [3.63, 3.8) is 0 Å². The molecule has 11 heteroatoms. The average molecular weight is 484 g/mol. The van der Waals surface area contributed by atoms with E-state index in [9.17, 15) is 27.2 Å². The Kier molecular flexibility index (Phi) is 5.96. The molecule has 4 fully saturated rings. The molecule has 4 aliphatic rings. The predicted octanol–water partition coefficient (Wildman–Crippen LogP) is 2.45. The summed E-state index contributed by atoms with van der Waals surface area (Å²) in [6.45, 7) is 4.15. The molecule has 1 N–H and O–H groups in total. The third kappa shape index (κ3) is 4.59. The van der Waals surface area contributed by atoms with Gasteiger partial charge in [0.1, 0.15) is 12.4 Å². The monoisotopic (exact) mass is 484 g/mol. The molecule has 1 spiro atoms. The predicted molar refractivity (Wildman–Crippen MR) is 113 cm³/mol. The third-order valence-electron chi connectivity index (χ3n) is 7.58. The molecule has 0 radical (unpaired) electrons. The topological polar surface area (TPSA) is 65.1 Å². The molecule has 3 amide bonds. The van der Waals surface area contributed by atoms with Crippen molar-refractivity contribution in [1.29, 1.82) is 0 Å². The minimum Gasteiger partial charge on any atom is -0.366 e. The summed E-state index contributed by atoms with van der Waals surface area (Å²) in [5, 5.41) is 2.91. The number of nitrogens with zero attached hydrogens (tertiary/aromatic N) is 3. The summed E-state index contributed by atoms with van der Waals surface area (Å²) in [6, 6.07) is 2.51. The summed E-state index contributed by atoms with van der Waals surface area (Å²) in [5.41, 5.74) is -0.650. The quantitative estimate of drug-likeness (QED) is 0.656. The molecular formula is C23H28F4N4O3. The zero-order valence-electron chi connectivity index (χ0n) is 18.7. The van der Waals surface area contributed by atoms with E-state index in [0.29, 0.717) is 38.7 Å². The van der Waals surface area contributed by atoms with Crippen LogP contribution in [-0.2, 0) is 22.3 Å². The first-order chi connectivity index (χ1) is 16.1. The van der Waals surface area contributed by atoms with Crippen LogP contribution in [0, 0.1) is 11.2 Å². The summed E-state index contributed by atoms with van der Waals surface area (Å²) in [5.74, 6) is -0.985. The van der Waals surface area contributed by atoms with Crippen LogP contribution in [-0.4, -0.2) is 84.7 Å². The average Bonchev–Trinajstić information content (AvgIpc) is 2.78. The number of rotatable bonds is 2. The molecule has 0 saturated carbocycles. The zero-order chi connectivity index (χ0) is 24.1. The molecule has 2 atom stereocenters. The second-order valence-corrected chi connectivity index (χ2v) is 9.98. The van der Waals surface area contributed by atoms with Crippen LogP contribution in [0.1, 0.15) is 30.4 Å². The fraction of sp³-hybridized carbons (Fsp3) is 0.652. The van der Waals surface area contributed by atoms with Gasteiger partial charge < -0.3 is 19.9 Å². The molecular weight excluding hydrogens is 456 g/mol. The number of fused-ring (bicyclic) bond motifs is 1. The van der Waals surface area contributed by atoms with Gasteiger partial charge in [0.15, 0.2) is 0 Å². The first-order valence-corrected chi connectivity index (χ1v) is 11.6. The van der Waals surface area contributed by atoms with Crippen LogP contribution < -0.4 is 5.32 Å². The number of hydrogen-bond donors (Lipinski definition) is 1. The van der Waals surface area contributed by atoms with Crippen molar-refractivity contribution in [3.8, 4) is 0 Å². The first kappa shape index (κ1) is 23.3. The summed E-state index contributed by atoms with van der Waals surface area (Å²) in [4.78, 5) is 30.3. The molecule has 186 valence electrons. The minimum atomic E-state index is -4.56. The van der Waals surface area contributed by atoms with Gasteiger partial charge in [-0.05, 0) is 36.8 Å². The van der Waals surface area contributed by atoms with Gasteiger partial charge in [0.05, 0.1) is 17.7 Å². The van der Waals surface area contributed by atoms with Gasteiger partial charge in [-0.3, -0.25) is 9.69 Å². The van der Waals surface area contributed by atoms with E-state index in [1.807, 2.05) is 9.80 Å². The van der Waals surface area contributed by atoms with Crippen LogP contribution in [0.3, 0.4) is 0 Å². The molecule has 1 aromatic carbocycles. The SMILES string of the molecule is O=C1CO[C@H]2CCN(C(=O)N3CCC4(CC3)CN(Cc3ccc(C(F)(F)F)cc3F)C4)C[C@H]2N1. The number of carbonyl (C=O) groups is 2. The van der Waals surface area contributed by atoms with Crippen molar-refractivity contribution < 1.29 is 31.9 Å². The standard InChI is InChI=1S/C23H28F4N4O3/c24-17-9-16(23(25,26)27)2-1-15(17)10-29-13-22(14-29)4-7-30(8-5-22)21(33)31-6-3-19-18(11-31)28-20(32)12-34-19/h1-2,9,18-19H,3-8,10-14H2,(H,28,32)/t18-,19+/m1/s1. The Morgan fingerprint density at radius 3 is 2.56 bits per heavy atom. The molecule has 5 rings (SSSR count). The Morgan fingerprint density at radius 1 is 1.15 bits per heavy atom. The molecule has 0 aliphatic carbocycles. The number of amides is 3. The lowest BCUT2D eigenvalue weighted by atomic mass is 9.72. The number of morpholine rings is 1. The van der Waals surface area contributed by atoms with E-state index in [1.54, 1.807) is 4.90 Å². The van der Waals surface area contributed by atoms with E-state index < -0.39 is 17.6 Å². The maximum Gasteiger partial charge on any atom is 0.416 e. The molecule has 0 bridgehead atoms. The smallest absolute Gasteiger partial charge is 0.366 e. The van der Waals surface area contributed by atoms with Crippen molar-refractivity contribution in [1.82, 2.24) is 20.0 Å². The maximum atomic E-state index is 14.2. The summed E-state index contributed by atoms with van der Waals surface area (Å²) in [6.07, 6.45) is -2.22. The van der Waals surface area contributed by atoms with Crippen LogP contribution in [0.2, 0.25) is 0 Å². The number of likely N-dealkylation sites (tertiary alicyclic amines) is 3. The Labute approximate surface area is 195 Å². The van der Waals surface area contributed by atoms with E-state index in [1.165, 1.54) is 6.07 Å². The number of urea groups is 1. The molecule has 34 heavy (non-hydrogen) atoms. The van der Waals surface area contributed by atoms with Gasteiger partial charge in [-0.25, -0.2) is 9.18 Å². The van der Waals surface area contributed by atoms with Crippen LogP contribution in [0.15, 0.2) is 18.2 Å². The number of benzene rings is 1. The molecule has 4 saturated heterocycles. The van der Waals surface area contributed by atoms with E-state index >= 15 is 0 Å². The van der Waals surface area contributed by atoms with Gasteiger partial charge in [-0.1, -0.05) is 6.07 Å². The lowest BCUT2D eigenvalue weighted by Crippen LogP contribution is -2.64. The third-order valence-corrected chi connectivity index (χ3v) is 7.58. The highest BCUT2D eigenvalue weighted by Crippen LogP contribution is 2.41. The molecule has 1 aromatic rings. The van der Waals surface area contributed by atoms with Crippen LogP contribution in [0.4, 0.5) is 22.4 Å². The van der Waals surface area contributed by atoms with Crippen molar-refractivity contribution >= 4 is 11.9 Å². The van der Waals surface area contributed by atoms with Crippen LogP contribution >= 0.6 is 0 Å². The number of alkyl halides is 3. The molecule has 4 aliphatic heterocycles. The highest BCUT2D eigenvalue weighted by atomic mass is 19.4. The van der Waals surface area contributed by atoms with E-state index in [4.69, 9.17) is 4.74 Å². The van der Waals surface area contributed by atoms with Gasteiger partial charge in [0.2, 0.25) is 5.91 Å². The Hall–Kier alpha value is -2.40. The van der Waals surface area contributed by atoms with E-state index in [2.05, 4.69) is 5.32 Å². The van der Waals surface area contributed by atoms with Crippen LogP contribution in [0.25, 0.3) is 0 Å². The molecule has 0 aromatic heterocycles. The zero-order valence-corrected chi connectivity index (χ0v) is 18.7. The Balaban J connectivity index is 1.10. The number of hydrogen-bond acceptors (Lipinski definition) is 4. The summed E-state index contributed by atoms with van der Waals surface area (Å²) >= 11 is 0. The van der Waals surface area contributed by atoms with Crippen molar-refractivity contribution in [3.05, 3.63) is 35.1 Å². The van der Waals surface area contributed by atoms with Gasteiger partial charge in [-0.2, -0.15) is 13.2 Å². The van der Waals surface area contributed by atoms with E-state index in [-0.39, 0.29) is 48.2 Å². The fourth-order valence-electron chi connectivity index (χ4n) is 5.67. The lowest BCUT2D eigenvalue weighted by Gasteiger charge is -2.54. The number of carbonyl (C=O) groups excluding carboxylic acids is 2. The molecule has 0 unspecified atom stereocenters. The summed E-state index contributed by atoms with van der Waals surface area (Å²) in [7, 11) is 0. The van der Waals surface area contributed by atoms with Gasteiger partial charge >= 0.3 is 12.2 Å². The lowest BCUT2D eigenvalue weighted by molar-refractivity contribution is -0.140. The second kappa shape index (κ2) is 8.67. The van der Waals surface area contributed by atoms with Crippen molar-refractivity contribution in [2.45, 2.75) is 44.1 Å². The van der Waals surface area contributed by atoms with Crippen LogP contribution in [0.5, 0.6) is 0 Å². The number of halogens is 4. The van der Waals surface area contributed by atoms with E-state index in [0.717, 1.165) is 32.0 Å². The highest BCUT2D eigenvalue weighted by molar-refractivity contribution is 5.79.